The van der Waals surface area contributed by atoms with Gasteiger partial charge >= 0.3 is 0 Å². The Morgan fingerprint density at radius 2 is 1.82 bits per heavy atom. The van der Waals surface area contributed by atoms with Crippen molar-refractivity contribution < 1.29 is 10.2 Å². The lowest BCUT2D eigenvalue weighted by Gasteiger charge is -2.61. The Hall–Kier alpha value is -0.340. The second-order valence-corrected chi connectivity index (χ2v) is 9.45. The van der Waals surface area contributed by atoms with Gasteiger partial charge in [-0.2, -0.15) is 0 Å². The van der Waals surface area contributed by atoms with Crippen LogP contribution in [0.5, 0.6) is 0 Å². The Morgan fingerprint density at radius 1 is 1.18 bits per heavy atom. The van der Waals surface area contributed by atoms with Gasteiger partial charge in [0.2, 0.25) is 0 Å². The molecular formula is C20H36O2. The van der Waals surface area contributed by atoms with E-state index in [4.69, 9.17) is 0 Å². The Bertz CT molecular complexity index is 421. The van der Waals surface area contributed by atoms with Crippen molar-refractivity contribution in [2.45, 2.75) is 90.8 Å². The number of rotatable bonds is 4. The van der Waals surface area contributed by atoms with E-state index in [0.29, 0.717) is 17.8 Å². The van der Waals surface area contributed by atoms with Gasteiger partial charge in [-0.25, -0.2) is 0 Å². The van der Waals surface area contributed by atoms with Gasteiger partial charge in [-0.3, -0.25) is 0 Å². The Kier molecular flexibility index (Phi) is 4.61. The fraction of sp³-hybridized carbons (Fsp3) is 0.900. The van der Waals surface area contributed by atoms with Crippen LogP contribution in [0, 0.1) is 22.7 Å². The van der Waals surface area contributed by atoms with Gasteiger partial charge in [-0.1, -0.05) is 33.3 Å². The zero-order valence-electron chi connectivity index (χ0n) is 15.3. The monoisotopic (exact) mass is 308 g/mol. The van der Waals surface area contributed by atoms with Gasteiger partial charge in [0.05, 0.1) is 11.2 Å². The first kappa shape index (κ1) is 18.0. The van der Waals surface area contributed by atoms with Gasteiger partial charge in [-0.15, -0.1) is 6.58 Å². The molecule has 2 nitrogen and oxygen atoms in total. The molecule has 128 valence electrons. The van der Waals surface area contributed by atoms with Gasteiger partial charge in [0, 0.05) is 0 Å². The first-order chi connectivity index (χ1) is 9.95. The van der Waals surface area contributed by atoms with Crippen LogP contribution in [0.3, 0.4) is 0 Å². The maximum Gasteiger partial charge on any atom is 0.0797 e. The highest BCUT2D eigenvalue weighted by atomic mass is 16.3. The van der Waals surface area contributed by atoms with Crippen LogP contribution in [0.25, 0.3) is 0 Å². The summed E-state index contributed by atoms with van der Waals surface area (Å²) < 4.78 is 0. The molecule has 2 aliphatic rings. The number of aliphatic hydroxyl groups is 2. The lowest BCUT2D eigenvalue weighted by Crippen LogP contribution is -2.57. The molecule has 0 heterocycles. The Labute approximate surface area is 137 Å². The van der Waals surface area contributed by atoms with E-state index in [1.54, 1.807) is 6.08 Å². The van der Waals surface area contributed by atoms with Crippen molar-refractivity contribution in [1.82, 2.24) is 0 Å². The zero-order valence-corrected chi connectivity index (χ0v) is 15.3. The normalized spacial score (nSPS) is 44.0. The predicted octanol–water partition coefficient (Wildman–Crippen LogP) is 4.70. The van der Waals surface area contributed by atoms with Crippen LogP contribution in [0.2, 0.25) is 0 Å². The quantitative estimate of drug-likeness (QED) is 0.739. The minimum atomic E-state index is -0.830. The van der Waals surface area contributed by atoms with Crippen LogP contribution in [0.15, 0.2) is 12.7 Å². The molecule has 22 heavy (non-hydrogen) atoms. The van der Waals surface area contributed by atoms with Crippen LogP contribution in [-0.4, -0.2) is 21.4 Å². The SMILES string of the molecule is C=C[C@](C)(O)CC[C@@H]1C2(C)CCCC(C)(C)[C@@H]2CC[C@@]1(C)O. The smallest absolute Gasteiger partial charge is 0.0797 e. The van der Waals surface area contributed by atoms with Gasteiger partial charge in [-0.05, 0) is 75.0 Å². The van der Waals surface area contributed by atoms with E-state index in [0.717, 1.165) is 19.3 Å². The molecule has 5 atom stereocenters. The number of hydrogen-bond acceptors (Lipinski definition) is 2. The highest BCUT2D eigenvalue weighted by Crippen LogP contribution is 2.63. The lowest BCUT2D eigenvalue weighted by molar-refractivity contribution is -0.171. The largest absolute Gasteiger partial charge is 0.390 e. The van der Waals surface area contributed by atoms with E-state index in [9.17, 15) is 10.2 Å². The molecule has 2 aliphatic carbocycles. The van der Waals surface area contributed by atoms with E-state index < -0.39 is 11.2 Å². The van der Waals surface area contributed by atoms with Crippen LogP contribution < -0.4 is 0 Å². The molecule has 0 radical (unpaired) electrons. The molecule has 0 saturated heterocycles. The summed E-state index contributed by atoms with van der Waals surface area (Å²) in [6.45, 7) is 14.8. The van der Waals surface area contributed by atoms with E-state index in [2.05, 4.69) is 27.4 Å². The van der Waals surface area contributed by atoms with Crippen LogP contribution in [0.1, 0.15) is 79.6 Å². The molecule has 0 amide bonds. The third kappa shape index (κ3) is 3.14. The summed E-state index contributed by atoms with van der Waals surface area (Å²) in [4.78, 5) is 0. The first-order valence-electron chi connectivity index (χ1n) is 9.03. The average Bonchev–Trinajstić information content (AvgIpc) is 2.35. The summed E-state index contributed by atoms with van der Waals surface area (Å²) in [6.07, 6.45) is 8.96. The summed E-state index contributed by atoms with van der Waals surface area (Å²) >= 11 is 0. The van der Waals surface area contributed by atoms with Crippen LogP contribution in [0.4, 0.5) is 0 Å². The van der Waals surface area contributed by atoms with Gasteiger partial charge in [0.25, 0.3) is 0 Å². The summed E-state index contributed by atoms with van der Waals surface area (Å²) in [5, 5.41) is 21.4. The third-order valence-electron chi connectivity index (χ3n) is 7.14. The number of fused-ring (bicyclic) bond motifs is 1. The summed E-state index contributed by atoms with van der Waals surface area (Å²) in [5.41, 5.74) is -0.900. The van der Waals surface area contributed by atoms with E-state index in [-0.39, 0.29) is 11.3 Å². The molecule has 2 heteroatoms. The third-order valence-corrected chi connectivity index (χ3v) is 7.14. The highest BCUT2D eigenvalue weighted by Gasteiger charge is 2.57. The van der Waals surface area contributed by atoms with Crippen molar-refractivity contribution in [3.8, 4) is 0 Å². The van der Waals surface area contributed by atoms with Gasteiger partial charge in [0.15, 0.2) is 0 Å². The molecule has 0 aromatic rings. The van der Waals surface area contributed by atoms with Crippen molar-refractivity contribution in [2.75, 3.05) is 0 Å². The molecule has 0 bridgehead atoms. The predicted molar refractivity (Wildman–Crippen MR) is 92.6 cm³/mol. The van der Waals surface area contributed by atoms with Crippen LogP contribution in [-0.2, 0) is 0 Å². The average molecular weight is 309 g/mol. The van der Waals surface area contributed by atoms with Crippen LogP contribution >= 0.6 is 0 Å². The molecule has 0 aromatic carbocycles. The number of hydrogen-bond donors (Lipinski definition) is 2. The summed E-state index contributed by atoms with van der Waals surface area (Å²) in [7, 11) is 0. The lowest BCUT2D eigenvalue weighted by atomic mass is 9.45. The maximum atomic E-state index is 11.1. The molecule has 2 fully saturated rings. The minimum Gasteiger partial charge on any atom is -0.390 e. The fourth-order valence-corrected chi connectivity index (χ4v) is 5.80. The van der Waals surface area contributed by atoms with Crippen molar-refractivity contribution in [2.24, 2.45) is 22.7 Å². The second kappa shape index (κ2) is 5.63. The van der Waals surface area contributed by atoms with Crippen molar-refractivity contribution in [3.63, 3.8) is 0 Å². The standard InChI is InChI=1S/C20H36O2/c1-7-18(4,21)13-9-16-19(5)12-8-11-17(2,3)15(19)10-14-20(16,6)22/h7,15-16,21-22H,1,8-14H2,2-6H3/t15-,16+,18-,19?,20+/m0/s1. The molecule has 0 aromatic heterocycles. The van der Waals surface area contributed by atoms with E-state index in [1.807, 2.05) is 13.8 Å². The van der Waals surface area contributed by atoms with E-state index >= 15 is 0 Å². The summed E-state index contributed by atoms with van der Waals surface area (Å²) in [5.74, 6) is 0.928. The first-order valence-corrected chi connectivity index (χ1v) is 9.03. The molecule has 2 rings (SSSR count). The van der Waals surface area contributed by atoms with Crippen molar-refractivity contribution >= 4 is 0 Å². The minimum absolute atomic E-state index is 0.181. The second-order valence-electron chi connectivity index (χ2n) is 9.45. The maximum absolute atomic E-state index is 11.1. The molecule has 0 aliphatic heterocycles. The Morgan fingerprint density at radius 3 is 2.41 bits per heavy atom. The zero-order chi connectivity index (χ0) is 16.8. The van der Waals surface area contributed by atoms with Crippen molar-refractivity contribution in [1.29, 1.82) is 0 Å². The Balaban J connectivity index is 2.28. The molecule has 2 N–H and O–H groups in total. The van der Waals surface area contributed by atoms with E-state index in [1.165, 1.54) is 19.3 Å². The molecule has 0 spiro atoms. The highest BCUT2D eigenvalue weighted by molar-refractivity contribution is 5.08. The topological polar surface area (TPSA) is 40.5 Å². The molecular weight excluding hydrogens is 272 g/mol. The summed E-state index contributed by atoms with van der Waals surface area (Å²) in [6, 6.07) is 0. The fourth-order valence-electron chi connectivity index (χ4n) is 5.80. The van der Waals surface area contributed by atoms with Crippen molar-refractivity contribution in [3.05, 3.63) is 12.7 Å². The van der Waals surface area contributed by atoms with Gasteiger partial charge in [0.1, 0.15) is 0 Å². The van der Waals surface area contributed by atoms with Gasteiger partial charge < -0.3 is 10.2 Å². The molecule has 2 saturated carbocycles. The molecule has 1 unspecified atom stereocenters.